The maximum absolute atomic E-state index is 14.0. The van der Waals surface area contributed by atoms with Crippen molar-refractivity contribution in [2.24, 2.45) is 0 Å². The largest absolute Gasteiger partial charge is 0.466 e. The van der Waals surface area contributed by atoms with Crippen molar-refractivity contribution in [1.82, 2.24) is 10.6 Å². The summed E-state index contributed by atoms with van der Waals surface area (Å²) in [6.45, 7) is 5.33. The molecule has 0 bridgehead atoms. The number of hydrogen-bond donors (Lipinski definition) is 2. The number of amides is 2. The van der Waals surface area contributed by atoms with Crippen LogP contribution in [0.1, 0.15) is 62.6 Å². The normalized spacial score (nSPS) is 20.2. The van der Waals surface area contributed by atoms with E-state index in [0.29, 0.717) is 19.5 Å². The van der Waals surface area contributed by atoms with E-state index in [1.54, 1.807) is 11.8 Å². The van der Waals surface area contributed by atoms with Gasteiger partial charge in [-0.05, 0) is 43.4 Å². The first kappa shape index (κ1) is 27.7. The van der Waals surface area contributed by atoms with Gasteiger partial charge in [0.2, 0.25) is 5.91 Å². The summed E-state index contributed by atoms with van der Waals surface area (Å²) in [5.41, 5.74) is 2.56. The number of halogens is 1. The van der Waals surface area contributed by atoms with Gasteiger partial charge >= 0.3 is 5.97 Å². The maximum atomic E-state index is 14.0. The van der Waals surface area contributed by atoms with Crippen molar-refractivity contribution >= 4 is 35.9 Å². The van der Waals surface area contributed by atoms with Crippen molar-refractivity contribution < 1.29 is 19.1 Å². The van der Waals surface area contributed by atoms with Crippen LogP contribution in [0.15, 0.2) is 48.5 Å². The molecule has 2 aliphatic rings. The lowest BCUT2D eigenvalue weighted by Gasteiger charge is -2.33. The Morgan fingerprint density at radius 1 is 1.08 bits per heavy atom. The number of rotatable bonds is 10. The molecule has 0 saturated heterocycles. The number of para-hydroxylation sites is 1. The van der Waals surface area contributed by atoms with Crippen molar-refractivity contribution in [3.63, 3.8) is 0 Å². The number of nitrogens with one attached hydrogen (secondary N) is 2. The summed E-state index contributed by atoms with van der Waals surface area (Å²) in [6.07, 6.45) is 3.67. The Bertz CT molecular complexity index is 1090. The van der Waals surface area contributed by atoms with Crippen LogP contribution in [-0.2, 0) is 37.6 Å². The predicted octanol–water partition coefficient (Wildman–Crippen LogP) is 4.01. The molecule has 0 radical (unpaired) electrons. The van der Waals surface area contributed by atoms with Crippen LogP contribution in [0.2, 0.25) is 0 Å². The number of carbonyl (C=O) groups is 3. The monoisotopic (exact) mass is 513 g/mol. The average Bonchev–Trinajstić information content (AvgIpc) is 3.10. The van der Waals surface area contributed by atoms with E-state index in [4.69, 9.17) is 4.74 Å². The highest BCUT2D eigenvalue weighted by atomic mass is 35.5. The lowest BCUT2D eigenvalue weighted by atomic mass is 9.85. The molecule has 4 rings (SSSR count). The van der Waals surface area contributed by atoms with Gasteiger partial charge in [0.15, 0.2) is 0 Å². The van der Waals surface area contributed by atoms with Gasteiger partial charge < -0.3 is 20.3 Å². The molecule has 0 saturated carbocycles. The second-order valence-corrected chi connectivity index (χ2v) is 9.29. The van der Waals surface area contributed by atoms with E-state index in [1.165, 1.54) is 5.56 Å². The van der Waals surface area contributed by atoms with Crippen molar-refractivity contribution in [3.8, 4) is 0 Å². The van der Waals surface area contributed by atoms with Gasteiger partial charge in [-0.3, -0.25) is 14.4 Å². The molecule has 7 nitrogen and oxygen atoms in total. The zero-order chi connectivity index (χ0) is 24.8. The van der Waals surface area contributed by atoms with Crippen LogP contribution >= 0.6 is 12.4 Å². The molecule has 36 heavy (non-hydrogen) atoms. The van der Waals surface area contributed by atoms with Crippen LogP contribution in [0.25, 0.3) is 0 Å². The molecule has 8 heteroatoms. The Hall–Kier alpha value is -2.90. The fourth-order valence-corrected chi connectivity index (χ4v) is 5.15. The molecule has 2 amide bonds. The fraction of sp³-hybridized carbons (Fsp3) is 0.464. The van der Waals surface area contributed by atoms with E-state index >= 15 is 0 Å². The number of unbranched alkanes of at least 4 members (excludes halogenated alkanes) is 2. The Morgan fingerprint density at radius 3 is 2.56 bits per heavy atom. The number of ether oxygens (including phenoxy) is 1. The van der Waals surface area contributed by atoms with E-state index in [9.17, 15) is 14.4 Å². The molecule has 2 aliphatic heterocycles. The number of esters is 1. The summed E-state index contributed by atoms with van der Waals surface area (Å²) in [4.78, 5) is 41.7. The van der Waals surface area contributed by atoms with Crippen molar-refractivity contribution in [2.45, 2.75) is 70.5 Å². The molecule has 194 valence electrons. The summed E-state index contributed by atoms with van der Waals surface area (Å²) >= 11 is 0. The molecule has 2 aromatic rings. The SMILES string of the molecule is CCCCCN1C(=O)C(CCC(=O)OCC)(NC(=O)C2Cc3ccccc3CN2)c2ccccc21.Cl. The van der Waals surface area contributed by atoms with E-state index < -0.39 is 11.6 Å². The summed E-state index contributed by atoms with van der Waals surface area (Å²) in [6, 6.07) is 15.2. The Balaban J connectivity index is 0.00000361. The number of benzene rings is 2. The lowest BCUT2D eigenvalue weighted by Crippen LogP contribution is -2.58. The van der Waals surface area contributed by atoms with Gasteiger partial charge in [-0.1, -0.05) is 62.2 Å². The average molecular weight is 514 g/mol. The van der Waals surface area contributed by atoms with E-state index in [2.05, 4.69) is 23.6 Å². The Kier molecular flexibility index (Phi) is 9.51. The summed E-state index contributed by atoms with van der Waals surface area (Å²) in [5.74, 6) is -0.786. The van der Waals surface area contributed by atoms with Crippen LogP contribution in [0.4, 0.5) is 5.69 Å². The molecular weight excluding hydrogens is 478 g/mol. The third-order valence-corrected chi connectivity index (χ3v) is 6.99. The molecule has 0 aromatic heterocycles. The number of fused-ring (bicyclic) bond motifs is 2. The van der Waals surface area contributed by atoms with Crippen molar-refractivity contribution in [2.75, 3.05) is 18.1 Å². The highest BCUT2D eigenvalue weighted by Crippen LogP contribution is 2.43. The molecule has 0 spiro atoms. The number of carbonyl (C=O) groups excluding carboxylic acids is 3. The minimum atomic E-state index is -1.30. The van der Waals surface area contributed by atoms with Crippen LogP contribution in [-0.4, -0.2) is 37.0 Å². The predicted molar refractivity (Wildman–Crippen MR) is 142 cm³/mol. The fourth-order valence-electron chi connectivity index (χ4n) is 5.15. The van der Waals surface area contributed by atoms with Gasteiger partial charge in [0.1, 0.15) is 5.54 Å². The highest BCUT2D eigenvalue weighted by Gasteiger charge is 2.52. The smallest absolute Gasteiger partial charge is 0.305 e. The van der Waals surface area contributed by atoms with Gasteiger partial charge in [-0.2, -0.15) is 0 Å². The van der Waals surface area contributed by atoms with Crippen LogP contribution in [0, 0.1) is 0 Å². The minimum Gasteiger partial charge on any atom is -0.466 e. The van der Waals surface area contributed by atoms with Gasteiger partial charge in [0, 0.05) is 30.8 Å². The summed E-state index contributed by atoms with van der Waals surface area (Å²) in [7, 11) is 0. The van der Waals surface area contributed by atoms with Crippen LogP contribution in [0.5, 0.6) is 0 Å². The van der Waals surface area contributed by atoms with Crippen LogP contribution in [0.3, 0.4) is 0 Å². The molecule has 2 atom stereocenters. The van der Waals surface area contributed by atoms with E-state index in [0.717, 1.165) is 36.1 Å². The molecule has 0 aliphatic carbocycles. The van der Waals surface area contributed by atoms with Gasteiger partial charge in [0.05, 0.1) is 12.6 Å². The number of anilines is 1. The molecular formula is C28H36ClN3O4. The van der Waals surface area contributed by atoms with Gasteiger partial charge in [-0.15, -0.1) is 12.4 Å². The number of hydrogen-bond acceptors (Lipinski definition) is 5. The van der Waals surface area contributed by atoms with E-state index in [-0.39, 0.29) is 49.6 Å². The first-order chi connectivity index (χ1) is 17.0. The second-order valence-electron chi connectivity index (χ2n) is 9.29. The summed E-state index contributed by atoms with van der Waals surface area (Å²) in [5, 5.41) is 6.43. The summed E-state index contributed by atoms with van der Waals surface area (Å²) < 4.78 is 5.15. The molecule has 2 unspecified atom stereocenters. The maximum Gasteiger partial charge on any atom is 0.305 e. The van der Waals surface area contributed by atoms with Crippen molar-refractivity contribution in [1.29, 1.82) is 0 Å². The third kappa shape index (κ3) is 5.57. The van der Waals surface area contributed by atoms with Gasteiger partial charge in [0.25, 0.3) is 5.91 Å². The van der Waals surface area contributed by atoms with Gasteiger partial charge in [-0.25, -0.2) is 0 Å². The standard InChI is InChI=1S/C28H35N3O4.ClH/c1-3-5-10-17-31-24-14-9-8-13-22(24)28(27(31)34,16-15-25(32)35-4-2)30-26(33)23-18-20-11-6-7-12-21(20)19-29-23;/h6-9,11-14,23,29H,3-5,10,15-19H2,1-2H3,(H,30,33);1H. The van der Waals surface area contributed by atoms with Crippen molar-refractivity contribution in [3.05, 3.63) is 65.2 Å². The zero-order valence-electron chi connectivity index (χ0n) is 21.0. The Morgan fingerprint density at radius 2 is 1.81 bits per heavy atom. The lowest BCUT2D eigenvalue weighted by molar-refractivity contribution is -0.144. The molecule has 2 aromatic carbocycles. The second kappa shape index (κ2) is 12.4. The zero-order valence-corrected chi connectivity index (χ0v) is 21.9. The topological polar surface area (TPSA) is 87.7 Å². The first-order valence-electron chi connectivity index (χ1n) is 12.7. The quantitative estimate of drug-likeness (QED) is 0.370. The van der Waals surface area contributed by atoms with E-state index in [1.807, 2.05) is 42.5 Å². The molecule has 0 fully saturated rings. The molecule has 2 N–H and O–H groups in total. The molecule has 2 heterocycles. The third-order valence-electron chi connectivity index (χ3n) is 6.99. The Labute approximate surface area is 219 Å². The minimum absolute atomic E-state index is 0. The van der Waals surface area contributed by atoms with Crippen LogP contribution < -0.4 is 15.5 Å². The number of nitrogens with zero attached hydrogens (tertiary/aromatic N) is 1. The first-order valence-corrected chi connectivity index (χ1v) is 12.7. The highest BCUT2D eigenvalue weighted by molar-refractivity contribution is 6.10.